The molecule has 3 heterocycles. The number of nitrogens with zero attached hydrogens (tertiary/aromatic N) is 4. The fraction of sp³-hybridized carbons (Fsp3) is 0.433. The van der Waals surface area contributed by atoms with Crippen molar-refractivity contribution in [1.82, 2.24) is 15.0 Å². The van der Waals surface area contributed by atoms with Crippen LogP contribution in [0.4, 0.5) is 11.4 Å². The molecule has 0 aliphatic carbocycles. The Kier molecular flexibility index (Phi) is 10.4. The van der Waals surface area contributed by atoms with Gasteiger partial charge in [0.05, 0.1) is 83.1 Å². The maximum Gasteiger partial charge on any atom is 0.345 e. The maximum atomic E-state index is 12.8. The van der Waals surface area contributed by atoms with Crippen molar-refractivity contribution < 1.29 is 28.1 Å². The molecule has 0 saturated carbocycles. The third kappa shape index (κ3) is 7.45. The summed E-state index contributed by atoms with van der Waals surface area (Å²) in [7, 11) is 1.63. The van der Waals surface area contributed by atoms with Gasteiger partial charge in [-0.2, -0.15) is 0 Å². The first-order valence-electron chi connectivity index (χ1n) is 14.1. The van der Waals surface area contributed by atoms with E-state index in [1.165, 1.54) is 0 Å². The van der Waals surface area contributed by atoms with E-state index in [0.717, 1.165) is 29.0 Å². The first kappa shape index (κ1) is 29.5. The van der Waals surface area contributed by atoms with Crippen LogP contribution in [0.3, 0.4) is 0 Å². The Bertz CT molecular complexity index is 1490. The molecule has 0 amide bonds. The minimum Gasteiger partial charge on any atom is -0.495 e. The molecule has 0 radical (unpaired) electrons. The highest BCUT2D eigenvalue weighted by molar-refractivity contribution is 5.83. The van der Waals surface area contributed by atoms with Crippen molar-refractivity contribution in [3.8, 4) is 22.7 Å². The molecule has 42 heavy (non-hydrogen) atoms. The molecule has 1 saturated heterocycles. The van der Waals surface area contributed by atoms with Crippen LogP contribution >= 0.6 is 0 Å². The van der Waals surface area contributed by atoms with Gasteiger partial charge >= 0.3 is 5.63 Å². The second-order valence-electron chi connectivity index (χ2n) is 9.57. The molecular weight excluding hydrogens is 542 g/mol. The zero-order valence-corrected chi connectivity index (χ0v) is 24.0. The van der Waals surface area contributed by atoms with Crippen LogP contribution in [0.15, 0.2) is 57.9 Å². The molecule has 0 spiro atoms. The van der Waals surface area contributed by atoms with Gasteiger partial charge in [-0.15, -0.1) is 5.10 Å². The summed E-state index contributed by atoms with van der Waals surface area (Å²) in [6, 6.07) is 13.2. The van der Waals surface area contributed by atoms with Gasteiger partial charge in [-0.05, 0) is 37.3 Å². The van der Waals surface area contributed by atoms with E-state index in [1.807, 2.05) is 43.3 Å². The highest BCUT2D eigenvalue weighted by Crippen LogP contribution is 2.31. The smallest absolute Gasteiger partial charge is 0.345 e. The summed E-state index contributed by atoms with van der Waals surface area (Å²) >= 11 is 0. The third-order valence-electron chi connectivity index (χ3n) is 6.78. The number of ether oxygens (including phenoxy) is 5. The number of benzene rings is 2. The van der Waals surface area contributed by atoms with E-state index in [9.17, 15) is 4.79 Å². The normalized spacial score (nSPS) is 16.1. The Hall–Kier alpha value is -3.97. The molecular formula is C30H37N5O7. The van der Waals surface area contributed by atoms with E-state index in [4.69, 9.17) is 28.1 Å². The lowest BCUT2D eigenvalue weighted by molar-refractivity contribution is 0.00206. The average molecular weight is 580 g/mol. The predicted octanol–water partition coefficient (Wildman–Crippen LogP) is 3.37. The van der Waals surface area contributed by atoms with E-state index < -0.39 is 5.63 Å². The second-order valence-corrected chi connectivity index (χ2v) is 9.57. The number of fused-ring (bicyclic) bond motifs is 1. The molecule has 0 bridgehead atoms. The number of hydrogen-bond donors (Lipinski definition) is 1. The van der Waals surface area contributed by atoms with Crippen LogP contribution in [0, 0.1) is 0 Å². The van der Waals surface area contributed by atoms with E-state index in [-0.39, 0.29) is 0 Å². The van der Waals surface area contributed by atoms with Gasteiger partial charge in [0, 0.05) is 42.8 Å². The minimum absolute atomic E-state index is 0.339. The molecule has 2 aromatic carbocycles. The van der Waals surface area contributed by atoms with Gasteiger partial charge in [-0.3, -0.25) is 0 Å². The van der Waals surface area contributed by atoms with Crippen LogP contribution in [-0.2, 0) is 18.9 Å². The quantitative estimate of drug-likeness (QED) is 0.338. The topological polar surface area (TPSA) is 122 Å². The van der Waals surface area contributed by atoms with Gasteiger partial charge in [0.2, 0.25) is 0 Å². The lowest BCUT2D eigenvalue weighted by Gasteiger charge is -2.26. The molecule has 4 aromatic rings. The van der Waals surface area contributed by atoms with Gasteiger partial charge in [0.25, 0.3) is 0 Å². The molecule has 1 N–H and O–H groups in total. The molecule has 2 aromatic heterocycles. The van der Waals surface area contributed by atoms with E-state index in [0.29, 0.717) is 88.5 Å². The van der Waals surface area contributed by atoms with Crippen molar-refractivity contribution in [2.75, 3.05) is 89.8 Å². The predicted molar refractivity (Wildman–Crippen MR) is 159 cm³/mol. The maximum absolute atomic E-state index is 12.8. The summed E-state index contributed by atoms with van der Waals surface area (Å²) < 4.78 is 35.6. The Morgan fingerprint density at radius 3 is 2.24 bits per heavy atom. The van der Waals surface area contributed by atoms with Crippen LogP contribution in [-0.4, -0.2) is 94.6 Å². The van der Waals surface area contributed by atoms with Crippen molar-refractivity contribution in [3.05, 3.63) is 59.1 Å². The number of rotatable bonds is 6. The highest BCUT2D eigenvalue weighted by Gasteiger charge is 2.17. The van der Waals surface area contributed by atoms with Crippen LogP contribution in [0.2, 0.25) is 0 Å². The number of hydrogen-bond acceptors (Lipinski definition) is 11. The summed E-state index contributed by atoms with van der Waals surface area (Å²) in [5, 5.41) is 12.6. The fourth-order valence-corrected chi connectivity index (χ4v) is 4.65. The number of anilines is 2. The second kappa shape index (κ2) is 14.8. The van der Waals surface area contributed by atoms with Crippen molar-refractivity contribution in [2.45, 2.75) is 6.92 Å². The number of nitrogens with one attached hydrogen (secondary N) is 1. The molecule has 224 valence electrons. The molecule has 12 heteroatoms. The monoisotopic (exact) mass is 579 g/mol. The van der Waals surface area contributed by atoms with Crippen molar-refractivity contribution in [1.29, 1.82) is 0 Å². The number of methoxy groups -OCH3 is 1. The van der Waals surface area contributed by atoms with E-state index >= 15 is 0 Å². The Balaban J connectivity index is 1.35. The standard InChI is InChI=1S/C30H37N5O7/c1-3-31-23-5-4-22-18-25(30(36)42-28(22)19-23)26-21-35(33-32-26)24-6-7-27(29(20-24)37-2)34-8-10-38-12-14-40-16-17-41-15-13-39-11-9-34/h4-7,18-21,31H,3,8-17H2,1-2H3. The fourth-order valence-electron chi connectivity index (χ4n) is 4.65. The first-order valence-corrected chi connectivity index (χ1v) is 14.1. The number of aromatic nitrogens is 3. The van der Waals surface area contributed by atoms with Gasteiger partial charge < -0.3 is 38.3 Å². The highest BCUT2D eigenvalue weighted by atomic mass is 16.6. The Morgan fingerprint density at radius 2 is 1.57 bits per heavy atom. The zero-order valence-electron chi connectivity index (χ0n) is 24.0. The van der Waals surface area contributed by atoms with Crippen molar-refractivity contribution in [3.63, 3.8) is 0 Å². The molecule has 5 rings (SSSR count). The SMILES string of the molecule is CCNc1ccc2cc(-c3cn(-c4ccc(N5CCOCCOCCOCCOCC5)c(OC)c4)nn3)c(=O)oc2c1. The van der Waals surface area contributed by atoms with Crippen molar-refractivity contribution >= 4 is 22.3 Å². The minimum atomic E-state index is -0.476. The van der Waals surface area contributed by atoms with Crippen molar-refractivity contribution in [2.24, 2.45) is 0 Å². The molecule has 1 fully saturated rings. The molecule has 1 aliphatic heterocycles. The molecule has 12 nitrogen and oxygen atoms in total. The molecule has 1 aliphatic rings. The van der Waals surface area contributed by atoms with Crippen LogP contribution in [0.25, 0.3) is 27.9 Å². The summed E-state index contributed by atoms with van der Waals surface area (Å²) in [4.78, 5) is 15.0. The summed E-state index contributed by atoms with van der Waals surface area (Å²) in [6.07, 6.45) is 1.70. The Labute approximate surface area is 244 Å². The van der Waals surface area contributed by atoms with Gasteiger partial charge in [-0.1, -0.05) is 5.21 Å². The summed E-state index contributed by atoms with van der Waals surface area (Å²) in [6.45, 7) is 8.30. The third-order valence-corrected chi connectivity index (χ3v) is 6.78. The molecule has 0 atom stereocenters. The summed E-state index contributed by atoms with van der Waals surface area (Å²) in [5.74, 6) is 0.663. The zero-order chi connectivity index (χ0) is 29.1. The first-order chi connectivity index (χ1) is 20.7. The van der Waals surface area contributed by atoms with E-state index in [2.05, 4.69) is 20.5 Å². The summed E-state index contributed by atoms with van der Waals surface area (Å²) in [5.41, 5.74) is 3.31. The average Bonchev–Trinajstić information content (AvgIpc) is 3.49. The van der Waals surface area contributed by atoms with Crippen LogP contribution < -0.4 is 20.6 Å². The lowest BCUT2D eigenvalue weighted by Crippen LogP contribution is -2.32. The van der Waals surface area contributed by atoms with Gasteiger partial charge in [0.15, 0.2) is 0 Å². The van der Waals surface area contributed by atoms with Crippen LogP contribution in [0.1, 0.15) is 6.92 Å². The van der Waals surface area contributed by atoms with Gasteiger partial charge in [-0.25, -0.2) is 9.48 Å². The Morgan fingerprint density at radius 1 is 0.881 bits per heavy atom. The van der Waals surface area contributed by atoms with Crippen LogP contribution in [0.5, 0.6) is 5.75 Å². The lowest BCUT2D eigenvalue weighted by atomic mass is 10.1. The molecule has 0 unspecified atom stereocenters. The van der Waals surface area contributed by atoms with Gasteiger partial charge in [0.1, 0.15) is 17.0 Å². The largest absolute Gasteiger partial charge is 0.495 e. The van der Waals surface area contributed by atoms with E-state index in [1.54, 1.807) is 24.1 Å².